The number of aryl methyl sites for hydroxylation is 1. The molecule has 0 bridgehead atoms. The molecule has 0 aliphatic heterocycles. The molecule has 0 saturated carbocycles. The van der Waals surface area contributed by atoms with Gasteiger partial charge >= 0.3 is 5.97 Å². The van der Waals surface area contributed by atoms with E-state index in [0.29, 0.717) is 81.1 Å². The predicted molar refractivity (Wildman–Crippen MR) is 525 cm³/mol. The van der Waals surface area contributed by atoms with Crippen LogP contribution in [0.1, 0.15) is 237 Å². The van der Waals surface area contributed by atoms with Crippen LogP contribution in [0.25, 0.3) is 21.9 Å². The number of carboxylic acid groups (broad SMARTS) is 1. The van der Waals surface area contributed by atoms with E-state index in [1.165, 1.54) is 32.5 Å². The Hall–Kier alpha value is -11.2. The van der Waals surface area contributed by atoms with Gasteiger partial charge < -0.3 is 129 Å². The highest BCUT2D eigenvalue weighted by Crippen LogP contribution is 2.34. The SMILES string of the molecule is CC[C@H](C)[C@H](NC(=O)CCc1cccc2c1oc1c(CCNC(=O)[C@H](CC(C)C)NC(=O)[C@H](CCCCN)NC(=O)[C@H](CCSC)NC(=O)[C@H](CCC(N)=O)NC(=O)[C@@H](NC(=O)[C@H](CO)NC(=O)[C@H](CC(C)C)NC(=O)[C@H](CCCCN)NC(=O)[C@@H](NC(=O)[C@H](CC(N)=O)NC(=O)[C@H](C)N)[C@@H](C)CC)C(C)C)cccc12)C(=O)N[C@H](C(=O)N[C@H](C(=O)N[C@@H](CCCCN)C(=O)O)C(C)C)[C@@H](C)CC. The fraction of sp³-hybridized carbons (Fsp3) is 0.684. The maximum atomic E-state index is 14.7. The molecule has 0 radical (unpaired) electrons. The van der Waals surface area contributed by atoms with E-state index < -0.39 is 252 Å². The molecule has 0 unspecified atom stereocenters. The Morgan fingerprint density at radius 2 is 0.710 bits per heavy atom. The van der Waals surface area contributed by atoms with E-state index in [1.807, 2.05) is 64.1 Å². The number of thioether (sulfide) groups is 1. The first kappa shape index (κ1) is 121. The average molecular weight is 1960 g/mol. The Balaban J connectivity index is 1.85. The number of primary amides is 2. The van der Waals surface area contributed by atoms with E-state index in [9.17, 15) is 96.5 Å². The molecule has 43 heteroatoms. The maximum Gasteiger partial charge on any atom is 0.326 e. The van der Waals surface area contributed by atoms with Crippen LogP contribution < -0.4 is 114 Å². The third-order valence-corrected chi connectivity index (χ3v) is 24.8. The van der Waals surface area contributed by atoms with E-state index in [0.717, 1.165) is 16.3 Å². The van der Waals surface area contributed by atoms with Gasteiger partial charge in [-0.3, -0.25) is 81.5 Å². The number of carbonyl (C=O) groups is 18. The molecule has 1 aromatic heterocycles. The predicted octanol–water partition coefficient (Wildman–Crippen LogP) is 0.212. The molecule has 29 N–H and O–H groups in total. The molecule has 18 atom stereocenters. The van der Waals surface area contributed by atoms with Crippen LogP contribution in [0.4, 0.5) is 0 Å². The first-order valence-electron chi connectivity index (χ1n) is 48.4. The Bertz CT molecular complexity index is 4510. The minimum Gasteiger partial charge on any atom is -0.480 e. The number of rotatable bonds is 68. The molecule has 2 aromatic carbocycles. The molecule has 1 heterocycles. The second-order valence-electron chi connectivity index (χ2n) is 37.3. The van der Waals surface area contributed by atoms with Gasteiger partial charge in [0.2, 0.25) is 100 Å². The second-order valence-corrected chi connectivity index (χ2v) is 38.3. The smallest absolute Gasteiger partial charge is 0.326 e. The quantitative estimate of drug-likeness (QED) is 0.0336. The summed E-state index contributed by atoms with van der Waals surface area (Å²) in [5.41, 5.74) is 36.4. The van der Waals surface area contributed by atoms with E-state index in [-0.39, 0.29) is 95.0 Å². The summed E-state index contributed by atoms with van der Waals surface area (Å²) in [5, 5.41) is 62.2. The molecular weight excluding hydrogens is 1800 g/mol. The van der Waals surface area contributed by atoms with Gasteiger partial charge in [0.15, 0.2) is 0 Å². The first-order chi connectivity index (χ1) is 65.2. The number of fused-ring (bicyclic) bond motifs is 3. The number of nitrogens with two attached hydrogens (primary N) is 6. The van der Waals surface area contributed by atoms with Crippen molar-refractivity contribution >= 4 is 140 Å². The molecule has 42 nitrogen and oxygen atoms in total. The summed E-state index contributed by atoms with van der Waals surface area (Å²) in [7, 11) is 0. The molecule has 138 heavy (non-hydrogen) atoms. The van der Waals surface area contributed by atoms with Gasteiger partial charge in [-0.15, -0.1) is 0 Å². The van der Waals surface area contributed by atoms with Gasteiger partial charge in [-0.05, 0) is 187 Å². The zero-order valence-electron chi connectivity index (χ0n) is 83.3. The molecular formula is C95H159N21O21S. The summed E-state index contributed by atoms with van der Waals surface area (Å²) in [6.45, 7) is 25.5. The summed E-state index contributed by atoms with van der Waals surface area (Å²) in [6, 6.07) is -8.88. The van der Waals surface area contributed by atoms with Gasteiger partial charge in [-0.25, -0.2) is 4.79 Å². The van der Waals surface area contributed by atoms with Crippen molar-refractivity contribution in [2.24, 2.45) is 75.8 Å². The van der Waals surface area contributed by atoms with Gasteiger partial charge in [0.25, 0.3) is 0 Å². The monoisotopic (exact) mass is 1960 g/mol. The second kappa shape index (κ2) is 62.7. The van der Waals surface area contributed by atoms with E-state index in [1.54, 1.807) is 61.6 Å². The van der Waals surface area contributed by atoms with Crippen molar-refractivity contribution in [1.29, 1.82) is 0 Å². The number of furan rings is 1. The summed E-state index contributed by atoms with van der Waals surface area (Å²) >= 11 is 1.32. The molecule has 0 aliphatic rings. The number of aliphatic hydroxyl groups is 1. The largest absolute Gasteiger partial charge is 0.480 e. The number of carbonyl (C=O) groups excluding carboxylic acids is 17. The van der Waals surface area contributed by atoms with Crippen LogP contribution in [0.2, 0.25) is 0 Å². The van der Waals surface area contributed by atoms with Crippen molar-refractivity contribution < 1.29 is 101 Å². The van der Waals surface area contributed by atoms with Crippen LogP contribution in [0.3, 0.4) is 0 Å². The van der Waals surface area contributed by atoms with E-state index in [4.69, 9.17) is 38.8 Å². The van der Waals surface area contributed by atoms with Crippen LogP contribution >= 0.6 is 11.8 Å². The fourth-order valence-electron chi connectivity index (χ4n) is 15.2. The number of amides is 17. The summed E-state index contributed by atoms with van der Waals surface area (Å²) in [5.74, 6) is -17.8. The Labute approximate surface area is 814 Å². The minimum atomic E-state index is -1.78. The number of unbranched alkanes of at least 4 members (excludes halogenated alkanes) is 3. The van der Waals surface area contributed by atoms with Crippen LogP contribution in [0.15, 0.2) is 40.8 Å². The average Bonchev–Trinajstić information content (AvgIpc) is 1.61. The number of aliphatic hydroxyl groups excluding tert-OH is 1. The summed E-state index contributed by atoms with van der Waals surface area (Å²) in [6.07, 6.45) is 4.57. The van der Waals surface area contributed by atoms with E-state index in [2.05, 4.69) is 79.8 Å². The number of hydrogen-bond donors (Lipinski definition) is 23. The molecule has 776 valence electrons. The zero-order valence-corrected chi connectivity index (χ0v) is 84.1. The Kier molecular flexibility index (Phi) is 55.0. The highest BCUT2D eigenvalue weighted by molar-refractivity contribution is 7.98. The lowest BCUT2D eigenvalue weighted by atomic mass is 9.94. The maximum absolute atomic E-state index is 14.7. The van der Waals surface area contributed by atoms with Crippen molar-refractivity contribution in [2.75, 3.05) is 44.8 Å². The van der Waals surface area contributed by atoms with Gasteiger partial charge in [-0.1, -0.05) is 153 Å². The summed E-state index contributed by atoms with van der Waals surface area (Å²) in [4.78, 5) is 249. The zero-order chi connectivity index (χ0) is 104. The van der Waals surface area contributed by atoms with Gasteiger partial charge in [0.05, 0.1) is 19.1 Å². The van der Waals surface area contributed by atoms with Crippen LogP contribution in [-0.4, -0.2) is 252 Å². The summed E-state index contributed by atoms with van der Waals surface area (Å²) < 4.78 is 6.63. The van der Waals surface area contributed by atoms with Crippen molar-refractivity contribution in [1.82, 2.24) is 79.8 Å². The van der Waals surface area contributed by atoms with Crippen molar-refractivity contribution in [3.63, 3.8) is 0 Å². The van der Waals surface area contributed by atoms with Crippen molar-refractivity contribution in [2.45, 2.75) is 329 Å². The van der Waals surface area contributed by atoms with Gasteiger partial charge in [-0.2, -0.15) is 11.8 Å². The topological polar surface area (TPSA) is 697 Å². The molecule has 0 spiro atoms. The lowest BCUT2D eigenvalue weighted by Gasteiger charge is -2.31. The highest BCUT2D eigenvalue weighted by atomic mass is 32.2. The number of para-hydroxylation sites is 2. The van der Waals surface area contributed by atoms with Crippen molar-refractivity contribution in [3.05, 3.63) is 47.5 Å². The number of benzene rings is 2. The third-order valence-electron chi connectivity index (χ3n) is 24.1. The Morgan fingerprint density at radius 3 is 1.12 bits per heavy atom. The van der Waals surface area contributed by atoms with Crippen LogP contribution in [0, 0.1) is 41.4 Å². The van der Waals surface area contributed by atoms with E-state index >= 15 is 0 Å². The molecule has 17 amide bonds. The molecule has 0 fully saturated rings. The highest BCUT2D eigenvalue weighted by Gasteiger charge is 2.41. The number of hydrogen-bond acceptors (Lipinski definition) is 25. The van der Waals surface area contributed by atoms with Crippen LogP contribution in [0.5, 0.6) is 0 Å². The first-order valence-corrected chi connectivity index (χ1v) is 49.8. The van der Waals surface area contributed by atoms with Crippen molar-refractivity contribution in [3.8, 4) is 0 Å². The lowest BCUT2D eigenvalue weighted by Crippen LogP contribution is -2.62. The standard InChI is InChI=1S/C95H159N21O21S/c1-17-54(12)76(93(133)116-78(56(14)19-3)94(134)114-75(53(10)11)91(131)107-66(95(135)136)34-22-25-43-98)112-73(120)38-35-58-28-26-30-60-61-31-27-29-59(80(61)137-79(58)60)39-44-102-82(122)67(46-50(4)5)109-83(123)62(32-20-23-41-96)103-86(126)65(40-45-138-16)104-85(125)64(36-37-71(100)118)106-90(130)74(52(8)9)113-89(129)70(49-117)111-87(127)68(47-51(6)7)110-84(124)63(33-21-24-42-97)105-92(132)77(55(13)18-2)115-88(128)69(48-72(101)119)108-81(121)57(15)99/h26-31,50-57,62-70,74-78,117H,17-25,32-49,96-99H2,1-16H3,(H2,100,118)(H2,101,119)(H,102,122)(H,103,126)(H,104,125)(H,105,132)(H,106,130)(H,107,131)(H,108,121)(H,109,123)(H,110,124)(H,111,127)(H,112,120)(H,113,129)(H,114,134)(H,115,128)(H,116,133)(H,135,136)/t54-,55-,56-,57-,62-,63-,64-,65-,66-,67-,68-,69-,70-,74-,75-,76-,77-,78-/m0/s1. The van der Waals surface area contributed by atoms with Gasteiger partial charge in [0, 0.05) is 30.2 Å². The van der Waals surface area contributed by atoms with Crippen LogP contribution in [-0.2, 0) is 99.1 Å². The molecule has 3 aromatic rings. The fourth-order valence-corrected chi connectivity index (χ4v) is 15.7. The molecule has 0 aliphatic carbocycles. The minimum absolute atomic E-state index is 0.0167. The normalized spacial score (nSPS) is 15.4. The number of carboxylic acids is 1. The van der Waals surface area contributed by atoms with Gasteiger partial charge in [0.1, 0.15) is 95.8 Å². The third kappa shape index (κ3) is 41.1. The number of nitrogens with one attached hydrogen (secondary N) is 15. The molecule has 0 saturated heterocycles. The Morgan fingerprint density at radius 1 is 0.370 bits per heavy atom. The lowest BCUT2D eigenvalue weighted by molar-refractivity contribution is -0.143. The number of aliphatic carboxylic acids is 1. The molecule has 3 rings (SSSR count).